The van der Waals surface area contributed by atoms with Gasteiger partial charge in [-0.25, -0.2) is 4.98 Å². The molecule has 2 heterocycles. The Morgan fingerprint density at radius 1 is 0.808 bits per heavy atom. The Kier molecular flexibility index (Phi) is 5.33. The van der Waals surface area contributed by atoms with Crippen molar-refractivity contribution >= 4 is 12.1 Å². The van der Waals surface area contributed by atoms with E-state index in [4.69, 9.17) is 6.57 Å². The van der Waals surface area contributed by atoms with Gasteiger partial charge in [-0.1, -0.05) is 43.0 Å². The van der Waals surface area contributed by atoms with Crippen LogP contribution in [0.4, 0.5) is 5.82 Å². The van der Waals surface area contributed by atoms with E-state index in [1.807, 2.05) is 69.8 Å². The minimum absolute atomic E-state index is 0.420. The van der Waals surface area contributed by atoms with Crippen molar-refractivity contribution in [3.8, 4) is 11.4 Å². The molecule has 6 heteroatoms. The largest absolute Gasteiger partial charge is 0.359 e. The zero-order valence-electron chi connectivity index (χ0n) is 13.8. The van der Waals surface area contributed by atoms with E-state index in [0.29, 0.717) is 11.5 Å². The monoisotopic (exact) mass is 341 g/mol. The maximum absolute atomic E-state index is 10.4. The quantitative estimate of drug-likeness (QED) is 0.416. The summed E-state index contributed by atoms with van der Waals surface area (Å²) in [5.74, 6) is 0.420. The van der Waals surface area contributed by atoms with Crippen LogP contribution in [0, 0.1) is 6.57 Å². The molecule has 0 amide bonds. The van der Waals surface area contributed by atoms with Crippen LogP contribution in [0.2, 0.25) is 0 Å². The topological polar surface area (TPSA) is 57.1 Å². The van der Waals surface area contributed by atoms with Crippen LogP contribution in [0.3, 0.4) is 0 Å². The van der Waals surface area contributed by atoms with Crippen molar-refractivity contribution in [2.24, 2.45) is 0 Å². The standard InChI is InChI=1S/C10H7N3.C10H8N2O/c1-11-10-7-13(8-12-10)9-5-3-2-4-6-9;13-7-9-6-12(8-11-9)10-4-2-1-3-5-10/h2-8H;1-8H. The van der Waals surface area contributed by atoms with Crippen molar-refractivity contribution in [2.45, 2.75) is 0 Å². The molecule has 0 radical (unpaired) electrons. The van der Waals surface area contributed by atoms with Gasteiger partial charge in [0.15, 0.2) is 12.6 Å². The van der Waals surface area contributed by atoms with Crippen molar-refractivity contribution in [3.05, 3.63) is 103 Å². The van der Waals surface area contributed by atoms with Gasteiger partial charge in [0.05, 0.1) is 0 Å². The van der Waals surface area contributed by atoms with E-state index in [-0.39, 0.29) is 0 Å². The van der Waals surface area contributed by atoms with Gasteiger partial charge in [-0.2, -0.15) is 0 Å². The summed E-state index contributed by atoms with van der Waals surface area (Å²) in [5.41, 5.74) is 2.47. The Balaban J connectivity index is 0.000000151. The van der Waals surface area contributed by atoms with Crippen LogP contribution in [-0.4, -0.2) is 25.4 Å². The molecule has 0 atom stereocenters. The maximum Gasteiger partial charge on any atom is 0.287 e. The molecule has 0 aliphatic heterocycles. The van der Waals surface area contributed by atoms with Crippen LogP contribution in [0.1, 0.15) is 10.5 Å². The Morgan fingerprint density at radius 3 is 1.81 bits per heavy atom. The molecule has 0 spiro atoms. The molecule has 6 nitrogen and oxygen atoms in total. The summed E-state index contributed by atoms with van der Waals surface area (Å²) in [6.07, 6.45) is 7.41. The lowest BCUT2D eigenvalue weighted by Crippen LogP contribution is -1.87. The summed E-state index contributed by atoms with van der Waals surface area (Å²) in [6.45, 7) is 6.77. The maximum atomic E-state index is 10.4. The number of carbonyl (C=O) groups is 1. The summed E-state index contributed by atoms with van der Waals surface area (Å²) in [4.78, 5) is 21.4. The average molecular weight is 341 g/mol. The SMILES string of the molecule is O=Cc1cn(-c2ccccc2)cn1.[C-]#[N+]c1cn(-c2ccccc2)cn1. The highest BCUT2D eigenvalue weighted by Crippen LogP contribution is 2.12. The number of aldehydes is 1. The van der Waals surface area contributed by atoms with Gasteiger partial charge in [0, 0.05) is 23.8 Å². The number of aromatic nitrogens is 4. The third-order valence-corrected chi connectivity index (χ3v) is 3.52. The summed E-state index contributed by atoms with van der Waals surface area (Å²) in [7, 11) is 0. The normalized spacial score (nSPS) is 9.65. The fraction of sp³-hybridized carbons (Fsp3) is 0. The fourth-order valence-electron chi connectivity index (χ4n) is 2.25. The number of rotatable bonds is 3. The Hall–Kier alpha value is -3.98. The van der Waals surface area contributed by atoms with Crippen LogP contribution in [0.15, 0.2) is 85.7 Å². The Morgan fingerprint density at radius 2 is 1.35 bits per heavy atom. The van der Waals surface area contributed by atoms with E-state index in [2.05, 4.69) is 14.8 Å². The van der Waals surface area contributed by atoms with Gasteiger partial charge < -0.3 is 9.41 Å². The number of benzene rings is 2. The second-order valence-electron chi connectivity index (χ2n) is 5.25. The highest BCUT2D eigenvalue weighted by atomic mass is 16.1. The lowest BCUT2D eigenvalue weighted by molar-refractivity contribution is 0.111. The zero-order chi connectivity index (χ0) is 18.2. The third-order valence-electron chi connectivity index (χ3n) is 3.52. The van der Waals surface area contributed by atoms with E-state index >= 15 is 0 Å². The average Bonchev–Trinajstić information content (AvgIpc) is 3.39. The highest BCUT2D eigenvalue weighted by molar-refractivity contribution is 5.71. The number of imidazole rings is 2. The highest BCUT2D eigenvalue weighted by Gasteiger charge is 1.99. The van der Waals surface area contributed by atoms with E-state index in [1.165, 1.54) is 0 Å². The second-order valence-corrected chi connectivity index (χ2v) is 5.25. The molecule has 0 unspecified atom stereocenters. The Bertz CT molecular complexity index is 1010. The van der Waals surface area contributed by atoms with Crippen molar-refractivity contribution in [1.29, 1.82) is 0 Å². The predicted molar refractivity (Wildman–Crippen MR) is 98.8 cm³/mol. The first-order valence-corrected chi connectivity index (χ1v) is 7.81. The Labute approximate surface area is 150 Å². The molecule has 26 heavy (non-hydrogen) atoms. The van der Waals surface area contributed by atoms with Gasteiger partial charge in [-0.3, -0.25) is 9.36 Å². The molecule has 0 fully saturated rings. The number of nitrogens with zero attached hydrogens (tertiary/aromatic N) is 5. The lowest BCUT2D eigenvalue weighted by atomic mass is 10.3. The summed E-state index contributed by atoms with van der Waals surface area (Å²) >= 11 is 0. The van der Waals surface area contributed by atoms with Gasteiger partial charge in [-0.05, 0) is 24.3 Å². The van der Waals surface area contributed by atoms with E-state index < -0.39 is 0 Å². The molecule has 0 aliphatic rings. The first-order valence-electron chi connectivity index (χ1n) is 7.81. The molecular formula is C20H15N5O. The molecule has 0 bridgehead atoms. The smallest absolute Gasteiger partial charge is 0.287 e. The number of hydrogen-bond donors (Lipinski definition) is 0. The van der Waals surface area contributed by atoms with Crippen molar-refractivity contribution in [2.75, 3.05) is 0 Å². The first kappa shape index (κ1) is 16.9. The number of carbonyl (C=O) groups excluding carboxylic acids is 1. The minimum atomic E-state index is 0.420. The molecule has 0 N–H and O–H groups in total. The van der Waals surface area contributed by atoms with Gasteiger partial charge in [-0.15, -0.1) is 4.98 Å². The van der Waals surface area contributed by atoms with Gasteiger partial charge in [0.2, 0.25) is 0 Å². The zero-order valence-corrected chi connectivity index (χ0v) is 13.8. The van der Waals surface area contributed by atoms with Crippen LogP contribution in [-0.2, 0) is 0 Å². The van der Waals surface area contributed by atoms with Crippen LogP contribution in [0.5, 0.6) is 0 Å². The third kappa shape index (κ3) is 4.10. The first-order chi connectivity index (χ1) is 12.8. The second kappa shape index (κ2) is 8.22. The molecule has 4 rings (SSSR count). The van der Waals surface area contributed by atoms with E-state index in [1.54, 1.807) is 25.0 Å². The van der Waals surface area contributed by atoms with Gasteiger partial charge in [0.25, 0.3) is 5.82 Å². The molecule has 0 saturated carbocycles. The van der Waals surface area contributed by atoms with Gasteiger partial charge in [0.1, 0.15) is 12.0 Å². The van der Waals surface area contributed by atoms with Crippen LogP contribution < -0.4 is 0 Å². The summed E-state index contributed by atoms with van der Waals surface area (Å²) in [5, 5.41) is 0. The van der Waals surface area contributed by atoms with E-state index in [9.17, 15) is 4.79 Å². The van der Waals surface area contributed by atoms with Crippen LogP contribution in [0.25, 0.3) is 16.2 Å². The van der Waals surface area contributed by atoms with Gasteiger partial charge >= 0.3 is 0 Å². The predicted octanol–water partition coefficient (Wildman–Crippen LogP) is 4.11. The molecule has 2 aromatic carbocycles. The number of para-hydroxylation sites is 2. The van der Waals surface area contributed by atoms with Crippen molar-refractivity contribution in [1.82, 2.24) is 19.1 Å². The number of hydrogen-bond acceptors (Lipinski definition) is 3. The molecule has 4 aromatic rings. The molecule has 0 aliphatic carbocycles. The molecular weight excluding hydrogens is 326 g/mol. The van der Waals surface area contributed by atoms with Crippen LogP contribution >= 0.6 is 0 Å². The molecule has 2 aromatic heterocycles. The fourth-order valence-corrected chi connectivity index (χ4v) is 2.25. The molecule has 0 saturated heterocycles. The lowest BCUT2D eigenvalue weighted by Gasteiger charge is -1.98. The summed E-state index contributed by atoms with van der Waals surface area (Å²) < 4.78 is 3.64. The van der Waals surface area contributed by atoms with Crippen molar-refractivity contribution in [3.63, 3.8) is 0 Å². The molecule has 126 valence electrons. The van der Waals surface area contributed by atoms with Crippen molar-refractivity contribution < 1.29 is 4.79 Å². The summed E-state index contributed by atoms with van der Waals surface area (Å²) in [6, 6.07) is 19.5. The minimum Gasteiger partial charge on any atom is -0.359 e. The van der Waals surface area contributed by atoms with E-state index in [0.717, 1.165) is 17.7 Å².